The van der Waals surface area contributed by atoms with Crippen molar-refractivity contribution in [2.75, 3.05) is 26.3 Å². The first kappa shape index (κ1) is 16.0. The van der Waals surface area contributed by atoms with E-state index >= 15 is 0 Å². The summed E-state index contributed by atoms with van der Waals surface area (Å²) in [7, 11) is 0. The quantitative estimate of drug-likeness (QED) is 0.829. The zero-order valence-electron chi connectivity index (χ0n) is 14.1. The van der Waals surface area contributed by atoms with E-state index in [9.17, 15) is 4.79 Å². The highest BCUT2D eigenvalue weighted by atomic mass is 16.5. The van der Waals surface area contributed by atoms with Crippen LogP contribution in [0, 0.1) is 11.8 Å². The van der Waals surface area contributed by atoms with Crippen molar-refractivity contribution in [3.8, 4) is 0 Å². The van der Waals surface area contributed by atoms with Gasteiger partial charge in [0.2, 0.25) is 5.91 Å². The SMILES string of the molecule is O=C(CCn1cncn1)N[C@@H]1CN(C2CCOCC2)C[C@H]1C1CC1. The molecule has 132 valence electrons. The van der Waals surface area contributed by atoms with Crippen molar-refractivity contribution in [1.82, 2.24) is 25.0 Å². The summed E-state index contributed by atoms with van der Waals surface area (Å²) in [6.45, 7) is 4.50. The number of carbonyl (C=O) groups excluding carboxylic acids is 1. The number of nitrogens with one attached hydrogen (secondary N) is 1. The molecule has 0 aromatic carbocycles. The van der Waals surface area contributed by atoms with Crippen LogP contribution in [0.2, 0.25) is 0 Å². The lowest BCUT2D eigenvalue weighted by molar-refractivity contribution is -0.122. The van der Waals surface area contributed by atoms with Gasteiger partial charge in [0.05, 0.1) is 6.54 Å². The summed E-state index contributed by atoms with van der Waals surface area (Å²) in [4.78, 5) is 18.9. The van der Waals surface area contributed by atoms with Gasteiger partial charge in [0.25, 0.3) is 0 Å². The van der Waals surface area contributed by atoms with Crippen LogP contribution in [-0.2, 0) is 16.1 Å². The maximum Gasteiger partial charge on any atom is 0.222 e. The molecule has 0 spiro atoms. The number of likely N-dealkylation sites (tertiary alicyclic amines) is 1. The molecule has 7 nitrogen and oxygen atoms in total. The summed E-state index contributed by atoms with van der Waals surface area (Å²) in [5.74, 6) is 1.58. The van der Waals surface area contributed by atoms with E-state index in [1.54, 1.807) is 11.0 Å². The fraction of sp³-hybridized carbons (Fsp3) is 0.824. The second kappa shape index (κ2) is 7.19. The van der Waals surface area contributed by atoms with Crippen LogP contribution >= 0.6 is 0 Å². The standard InChI is InChI=1S/C17H27N5O2/c23-17(3-6-22-12-18-11-19-22)20-16-10-21(9-15(16)13-1-2-13)14-4-7-24-8-5-14/h11-16H,1-10H2,(H,20,23)/t15-,16+/m0/s1. The Morgan fingerprint density at radius 3 is 2.75 bits per heavy atom. The van der Waals surface area contributed by atoms with Crippen molar-refractivity contribution >= 4 is 5.91 Å². The van der Waals surface area contributed by atoms with Crippen LogP contribution in [0.5, 0.6) is 0 Å². The van der Waals surface area contributed by atoms with E-state index in [2.05, 4.69) is 20.3 Å². The number of hydrogen-bond donors (Lipinski definition) is 1. The first-order valence-corrected chi connectivity index (χ1v) is 9.23. The number of aryl methyl sites for hydroxylation is 1. The van der Waals surface area contributed by atoms with Gasteiger partial charge in [0.15, 0.2) is 0 Å². The molecule has 1 aromatic rings. The highest BCUT2D eigenvalue weighted by molar-refractivity contribution is 5.76. The maximum absolute atomic E-state index is 12.4. The second-order valence-corrected chi connectivity index (χ2v) is 7.38. The average molecular weight is 333 g/mol. The summed E-state index contributed by atoms with van der Waals surface area (Å²) < 4.78 is 7.20. The lowest BCUT2D eigenvalue weighted by Gasteiger charge is -2.31. The molecule has 2 saturated heterocycles. The molecule has 0 bridgehead atoms. The monoisotopic (exact) mass is 333 g/mol. The molecule has 0 radical (unpaired) electrons. The third kappa shape index (κ3) is 3.78. The molecule has 3 aliphatic rings. The molecule has 1 N–H and O–H groups in total. The number of carbonyl (C=O) groups is 1. The van der Waals surface area contributed by atoms with Gasteiger partial charge in [-0.2, -0.15) is 5.10 Å². The molecule has 2 aliphatic heterocycles. The summed E-state index contributed by atoms with van der Waals surface area (Å²) in [5.41, 5.74) is 0. The van der Waals surface area contributed by atoms with Crippen molar-refractivity contribution in [2.45, 2.75) is 50.7 Å². The minimum atomic E-state index is 0.134. The molecule has 7 heteroatoms. The van der Waals surface area contributed by atoms with Gasteiger partial charge in [-0.25, -0.2) is 4.98 Å². The number of amides is 1. The van der Waals surface area contributed by atoms with E-state index in [1.807, 2.05) is 0 Å². The largest absolute Gasteiger partial charge is 0.381 e. The third-order valence-electron chi connectivity index (χ3n) is 5.71. The number of ether oxygens (including phenoxy) is 1. The lowest BCUT2D eigenvalue weighted by Crippen LogP contribution is -2.43. The van der Waals surface area contributed by atoms with Gasteiger partial charge in [0, 0.05) is 44.8 Å². The lowest BCUT2D eigenvalue weighted by atomic mass is 9.98. The molecule has 3 fully saturated rings. The average Bonchev–Trinajstić information content (AvgIpc) is 3.16. The summed E-state index contributed by atoms with van der Waals surface area (Å²) in [5, 5.41) is 7.36. The Hall–Kier alpha value is -1.47. The van der Waals surface area contributed by atoms with Gasteiger partial charge in [-0.15, -0.1) is 0 Å². The topological polar surface area (TPSA) is 72.3 Å². The van der Waals surface area contributed by atoms with E-state index in [1.165, 1.54) is 19.2 Å². The van der Waals surface area contributed by atoms with Crippen molar-refractivity contribution in [3.63, 3.8) is 0 Å². The molecule has 1 saturated carbocycles. The second-order valence-electron chi connectivity index (χ2n) is 7.38. The Labute approximate surface area is 142 Å². The van der Waals surface area contributed by atoms with E-state index < -0.39 is 0 Å². The molecule has 1 aliphatic carbocycles. The first-order valence-electron chi connectivity index (χ1n) is 9.23. The van der Waals surface area contributed by atoms with Gasteiger partial charge in [-0.3, -0.25) is 14.4 Å². The molecule has 1 aromatic heterocycles. The van der Waals surface area contributed by atoms with Crippen LogP contribution in [0.4, 0.5) is 0 Å². The molecular weight excluding hydrogens is 306 g/mol. The molecule has 0 unspecified atom stereocenters. The minimum absolute atomic E-state index is 0.134. The van der Waals surface area contributed by atoms with Crippen molar-refractivity contribution < 1.29 is 9.53 Å². The fourth-order valence-corrected chi connectivity index (χ4v) is 4.21. The number of aromatic nitrogens is 3. The number of rotatable bonds is 6. The zero-order chi connectivity index (χ0) is 16.4. The van der Waals surface area contributed by atoms with Gasteiger partial charge in [-0.05, 0) is 37.5 Å². The molecular formula is C17H27N5O2. The smallest absolute Gasteiger partial charge is 0.222 e. The first-order chi connectivity index (χ1) is 11.8. The summed E-state index contributed by atoms with van der Waals surface area (Å²) in [6.07, 6.45) is 8.55. The number of nitrogens with zero attached hydrogens (tertiary/aromatic N) is 4. The molecule has 2 atom stereocenters. The molecule has 1 amide bonds. The van der Waals surface area contributed by atoms with E-state index in [0.717, 1.165) is 45.1 Å². The van der Waals surface area contributed by atoms with Crippen LogP contribution in [0.15, 0.2) is 12.7 Å². The third-order valence-corrected chi connectivity index (χ3v) is 5.71. The van der Waals surface area contributed by atoms with E-state index in [-0.39, 0.29) is 5.91 Å². The van der Waals surface area contributed by atoms with E-state index in [0.29, 0.717) is 31.0 Å². The molecule has 24 heavy (non-hydrogen) atoms. The Balaban J connectivity index is 1.31. The van der Waals surface area contributed by atoms with Crippen molar-refractivity contribution in [1.29, 1.82) is 0 Å². The van der Waals surface area contributed by atoms with Gasteiger partial charge < -0.3 is 10.1 Å². The zero-order valence-corrected chi connectivity index (χ0v) is 14.1. The summed E-state index contributed by atoms with van der Waals surface area (Å²) >= 11 is 0. The van der Waals surface area contributed by atoms with Gasteiger partial charge in [-0.1, -0.05) is 0 Å². The molecule has 3 heterocycles. The Morgan fingerprint density at radius 2 is 2.04 bits per heavy atom. The van der Waals surface area contributed by atoms with E-state index in [4.69, 9.17) is 4.74 Å². The fourth-order valence-electron chi connectivity index (χ4n) is 4.21. The van der Waals surface area contributed by atoms with Gasteiger partial charge >= 0.3 is 0 Å². The van der Waals surface area contributed by atoms with Crippen LogP contribution in [0.25, 0.3) is 0 Å². The Bertz CT molecular complexity index is 539. The predicted molar refractivity (Wildman–Crippen MR) is 88.2 cm³/mol. The van der Waals surface area contributed by atoms with Crippen LogP contribution in [0.3, 0.4) is 0 Å². The van der Waals surface area contributed by atoms with Crippen LogP contribution in [0.1, 0.15) is 32.1 Å². The minimum Gasteiger partial charge on any atom is -0.381 e. The summed E-state index contributed by atoms with van der Waals surface area (Å²) in [6, 6.07) is 0.945. The maximum atomic E-state index is 12.4. The van der Waals surface area contributed by atoms with Crippen LogP contribution < -0.4 is 5.32 Å². The van der Waals surface area contributed by atoms with Gasteiger partial charge in [0.1, 0.15) is 12.7 Å². The number of hydrogen-bond acceptors (Lipinski definition) is 5. The Kier molecular flexibility index (Phi) is 4.80. The van der Waals surface area contributed by atoms with Crippen LogP contribution in [-0.4, -0.2) is 64.0 Å². The van der Waals surface area contributed by atoms with Crippen molar-refractivity contribution in [2.24, 2.45) is 11.8 Å². The highest BCUT2D eigenvalue weighted by Crippen LogP contribution is 2.42. The highest BCUT2D eigenvalue weighted by Gasteiger charge is 2.44. The normalized spacial score (nSPS) is 29.0. The van der Waals surface area contributed by atoms with Crippen molar-refractivity contribution in [3.05, 3.63) is 12.7 Å². The Morgan fingerprint density at radius 1 is 1.21 bits per heavy atom. The predicted octanol–water partition coefficient (Wildman–Crippen LogP) is 0.674. The molecule has 4 rings (SSSR count).